The molecule has 4 aromatic rings. The molecule has 0 fully saturated rings. The van der Waals surface area contributed by atoms with Crippen molar-refractivity contribution in [2.75, 3.05) is 11.9 Å². The predicted molar refractivity (Wildman–Crippen MR) is 139 cm³/mol. The highest BCUT2D eigenvalue weighted by molar-refractivity contribution is 6.02. The number of hydrogen-bond acceptors (Lipinski definition) is 4. The second-order valence-corrected chi connectivity index (χ2v) is 7.81. The molecular formula is C29H25N3O3. The van der Waals surface area contributed by atoms with Crippen LogP contribution in [-0.4, -0.2) is 24.1 Å². The van der Waals surface area contributed by atoms with Crippen LogP contribution in [0.4, 0.5) is 5.69 Å². The van der Waals surface area contributed by atoms with Crippen LogP contribution in [0.5, 0.6) is 5.75 Å². The van der Waals surface area contributed by atoms with Crippen molar-refractivity contribution in [3.05, 3.63) is 120 Å². The fourth-order valence-electron chi connectivity index (χ4n) is 3.39. The Bertz CT molecular complexity index is 1320. The highest BCUT2D eigenvalue weighted by atomic mass is 16.5. The van der Waals surface area contributed by atoms with E-state index in [0.717, 1.165) is 16.7 Å². The number of carbonyl (C=O) groups excluding carboxylic acids is 2. The van der Waals surface area contributed by atoms with E-state index in [2.05, 4.69) is 15.8 Å². The van der Waals surface area contributed by atoms with E-state index in [1.807, 2.05) is 72.8 Å². The van der Waals surface area contributed by atoms with Gasteiger partial charge in [-0.1, -0.05) is 72.8 Å². The zero-order valence-electron chi connectivity index (χ0n) is 19.3. The fourth-order valence-corrected chi connectivity index (χ4v) is 3.39. The first-order chi connectivity index (χ1) is 17.1. The number of ether oxygens (including phenoxy) is 1. The number of anilines is 1. The number of hydrogen-bond donors (Lipinski definition) is 2. The van der Waals surface area contributed by atoms with E-state index in [-0.39, 0.29) is 18.4 Å². The van der Waals surface area contributed by atoms with Crippen molar-refractivity contribution < 1.29 is 14.3 Å². The Morgan fingerprint density at radius 3 is 2.11 bits per heavy atom. The molecule has 0 atom stereocenters. The largest absolute Gasteiger partial charge is 0.484 e. The van der Waals surface area contributed by atoms with E-state index in [9.17, 15) is 9.59 Å². The van der Waals surface area contributed by atoms with E-state index >= 15 is 0 Å². The maximum Gasteiger partial charge on any atom is 0.271 e. The van der Waals surface area contributed by atoms with Crippen LogP contribution in [0, 0.1) is 0 Å². The van der Waals surface area contributed by atoms with Crippen molar-refractivity contribution >= 4 is 23.2 Å². The van der Waals surface area contributed by atoms with Gasteiger partial charge in [0.1, 0.15) is 5.75 Å². The van der Waals surface area contributed by atoms with Gasteiger partial charge in [-0.25, -0.2) is 5.43 Å². The second-order valence-electron chi connectivity index (χ2n) is 7.81. The van der Waals surface area contributed by atoms with E-state index in [1.54, 1.807) is 43.3 Å². The monoisotopic (exact) mass is 463 g/mol. The predicted octanol–water partition coefficient (Wildman–Crippen LogP) is 5.53. The number of hydrazone groups is 1. The van der Waals surface area contributed by atoms with E-state index < -0.39 is 0 Å². The third-order valence-electron chi connectivity index (χ3n) is 5.26. The molecule has 0 aliphatic heterocycles. The Labute approximate surface area is 204 Å². The summed E-state index contributed by atoms with van der Waals surface area (Å²) in [6, 6.07) is 33.7. The Kier molecular flexibility index (Phi) is 7.66. The average molecular weight is 464 g/mol. The maximum atomic E-state index is 12.5. The van der Waals surface area contributed by atoms with Crippen molar-refractivity contribution in [2.24, 2.45) is 5.10 Å². The zero-order valence-corrected chi connectivity index (χ0v) is 19.3. The summed E-state index contributed by atoms with van der Waals surface area (Å²) in [4.78, 5) is 24.8. The number of carbonyl (C=O) groups is 2. The third kappa shape index (κ3) is 6.65. The summed E-state index contributed by atoms with van der Waals surface area (Å²) in [7, 11) is 0. The molecule has 6 nitrogen and oxygen atoms in total. The van der Waals surface area contributed by atoms with Gasteiger partial charge in [-0.2, -0.15) is 5.10 Å². The highest BCUT2D eigenvalue weighted by Gasteiger charge is 2.08. The molecule has 6 heteroatoms. The van der Waals surface area contributed by atoms with Gasteiger partial charge < -0.3 is 10.1 Å². The van der Waals surface area contributed by atoms with Gasteiger partial charge in [-0.05, 0) is 60.0 Å². The van der Waals surface area contributed by atoms with Crippen LogP contribution in [0.1, 0.15) is 22.8 Å². The lowest BCUT2D eigenvalue weighted by Crippen LogP contribution is -2.20. The summed E-state index contributed by atoms with van der Waals surface area (Å²) in [5.41, 5.74) is 7.23. The van der Waals surface area contributed by atoms with Gasteiger partial charge in [-0.3, -0.25) is 9.59 Å². The Morgan fingerprint density at radius 1 is 0.743 bits per heavy atom. The molecule has 2 N–H and O–H groups in total. The molecule has 0 unspecified atom stereocenters. The summed E-state index contributed by atoms with van der Waals surface area (Å²) in [6.45, 7) is 1.69. The van der Waals surface area contributed by atoms with Crippen LogP contribution in [-0.2, 0) is 4.79 Å². The maximum absolute atomic E-state index is 12.5. The summed E-state index contributed by atoms with van der Waals surface area (Å²) >= 11 is 0. The lowest BCUT2D eigenvalue weighted by molar-refractivity contribution is -0.118. The normalized spacial score (nSPS) is 10.9. The summed E-state index contributed by atoms with van der Waals surface area (Å²) in [5, 5.41) is 7.04. The summed E-state index contributed by atoms with van der Waals surface area (Å²) < 4.78 is 5.47. The first-order valence-corrected chi connectivity index (χ1v) is 11.2. The molecule has 2 amide bonds. The minimum Gasteiger partial charge on any atom is -0.484 e. The van der Waals surface area contributed by atoms with Gasteiger partial charge in [-0.15, -0.1) is 0 Å². The molecule has 0 saturated carbocycles. The molecule has 35 heavy (non-hydrogen) atoms. The topological polar surface area (TPSA) is 79.8 Å². The first kappa shape index (κ1) is 23.4. The summed E-state index contributed by atoms with van der Waals surface area (Å²) in [5.74, 6) is 0.0594. The standard InChI is InChI=1S/C29H25N3O3/c1-21(31-32-29(34)24-17-15-23(16-18-24)22-9-4-2-5-10-22)25-11-8-12-26(19-25)30-28(33)20-35-27-13-6-3-7-14-27/h2-19H,20H2,1H3,(H,30,33)(H,32,34). The fraction of sp³-hybridized carbons (Fsp3) is 0.0690. The summed E-state index contributed by atoms with van der Waals surface area (Å²) in [6.07, 6.45) is 0. The Balaban J connectivity index is 1.34. The number of nitrogens with one attached hydrogen (secondary N) is 2. The molecule has 174 valence electrons. The van der Waals surface area contributed by atoms with Crippen LogP contribution in [0.3, 0.4) is 0 Å². The van der Waals surface area contributed by atoms with E-state index in [0.29, 0.717) is 22.7 Å². The molecule has 0 aliphatic carbocycles. The van der Waals surface area contributed by atoms with Gasteiger partial charge in [0.2, 0.25) is 0 Å². The molecule has 4 aromatic carbocycles. The lowest BCUT2D eigenvalue weighted by Gasteiger charge is -2.09. The van der Waals surface area contributed by atoms with Crippen molar-refractivity contribution in [3.63, 3.8) is 0 Å². The smallest absolute Gasteiger partial charge is 0.271 e. The minimum atomic E-state index is -0.300. The van der Waals surface area contributed by atoms with Crippen LogP contribution >= 0.6 is 0 Å². The molecule has 0 aliphatic rings. The van der Waals surface area contributed by atoms with Crippen LogP contribution in [0.2, 0.25) is 0 Å². The number of amides is 2. The minimum absolute atomic E-state index is 0.0968. The molecule has 0 aromatic heterocycles. The SMILES string of the molecule is CC(=NNC(=O)c1ccc(-c2ccccc2)cc1)c1cccc(NC(=O)COc2ccccc2)c1. The van der Waals surface area contributed by atoms with Crippen LogP contribution in [0.15, 0.2) is 114 Å². The highest BCUT2D eigenvalue weighted by Crippen LogP contribution is 2.19. The van der Waals surface area contributed by atoms with Gasteiger partial charge >= 0.3 is 0 Å². The van der Waals surface area contributed by atoms with Crippen molar-refractivity contribution in [3.8, 4) is 16.9 Å². The molecule has 0 spiro atoms. The number of rotatable bonds is 8. The van der Waals surface area contributed by atoms with E-state index in [4.69, 9.17) is 4.74 Å². The molecule has 0 radical (unpaired) electrons. The van der Waals surface area contributed by atoms with Gasteiger partial charge in [0.25, 0.3) is 11.8 Å². The van der Waals surface area contributed by atoms with Crippen molar-refractivity contribution in [1.29, 1.82) is 0 Å². The quantitative estimate of drug-likeness (QED) is 0.267. The Morgan fingerprint density at radius 2 is 1.40 bits per heavy atom. The number of benzene rings is 4. The molecule has 0 saturated heterocycles. The second kappa shape index (κ2) is 11.4. The average Bonchev–Trinajstić information content (AvgIpc) is 2.91. The van der Waals surface area contributed by atoms with E-state index in [1.165, 1.54) is 0 Å². The van der Waals surface area contributed by atoms with Crippen molar-refractivity contribution in [2.45, 2.75) is 6.92 Å². The third-order valence-corrected chi connectivity index (χ3v) is 5.26. The number of para-hydroxylation sites is 1. The van der Waals surface area contributed by atoms with Crippen LogP contribution in [0.25, 0.3) is 11.1 Å². The molecule has 0 bridgehead atoms. The van der Waals surface area contributed by atoms with Gasteiger partial charge in [0.05, 0.1) is 5.71 Å². The zero-order chi connectivity index (χ0) is 24.5. The van der Waals surface area contributed by atoms with Gasteiger partial charge in [0.15, 0.2) is 6.61 Å². The number of nitrogens with zero attached hydrogens (tertiary/aromatic N) is 1. The molecule has 4 rings (SSSR count). The lowest BCUT2D eigenvalue weighted by atomic mass is 10.0. The Hall–Kier alpha value is -4.71. The molecular weight excluding hydrogens is 438 g/mol. The van der Waals surface area contributed by atoms with Crippen LogP contribution < -0.4 is 15.5 Å². The molecule has 0 heterocycles. The van der Waals surface area contributed by atoms with Crippen molar-refractivity contribution in [1.82, 2.24) is 5.43 Å². The van der Waals surface area contributed by atoms with Gasteiger partial charge in [0, 0.05) is 11.3 Å². The first-order valence-electron chi connectivity index (χ1n) is 11.2.